The zero-order valence-corrected chi connectivity index (χ0v) is 19.4. The molecule has 1 aromatic heterocycles. The molecule has 0 atom stereocenters. The van der Waals surface area contributed by atoms with Crippen molar-refractivity contribution in [2.75, 3.05) is 27.8 Å². The molecule has 28 heavy (non-hydrogen) atoms. The maximum Gasteiger partial charge on any atom is 0.226 e. The van der Waals surface area contributed by atoms with E-state index in [4.69, 9.17) is 14.0 Å². The van der Waals surface area contributed by atoms with E-state index >= 15 is 0 Å². The number of ether oxygens (including phenoxy) is 2. The fourth-order valence-electron chi connectivity index (χ4n) is 2.45. The molecule has 1 aromatic carbocycles. The highest BCUT2D eigenvalue weighted by atomic mass is 127. The topological polar surface area (TPSA) is 93.8 Å². The van der Waals surface area contributed by atoms with Gasteiger partial charge in [0, 0.05) is 32.5 Å². The predicted molar refractivity (Wildman–Crippen MR) is 120 cm³/mol. The van der Waals surface area contributed by atoms with Gasteiger partial charge in [-0.15, -0.1) is 24.0 Å². The molecule has 0 saturated heterocycles. The first kappa shape index (κ1) is 24.0. The van der Waals surface area contributed by atoms with Gasteiger partial charge in [-0.2, -0.15) is 4.98 Å². The van der Waals surface area contributed by atoms with Gasteiger partial charge in [0.2, 0.25) is 5.89 Å². The minimum Gasteiger partial charge on any atom is -0.493 e. The van der Waals surface area contributed by atoms with Crippen molar-refractivity contribution < 1.29 is 14.0 Å². The van der Waals surface area contributed by atoms with Crippen LogP contribution in [0.2, 0.25) is 0 Å². The summed E-state index contributed by atoms with van der Waals surface area (Å²) in [4.78, 5) is 8.62. The number of aliphatic imine (C=N–C) groups is 1. The van der Waals surface area contributed by atoms with Crippen molar-refractivity contribution in [1.82, 2.24) is 20.8 Å². The molecule has 2 N–H and O–H groups in total. The monoisotopic (exact) mass is 503 g/mol. The van der Waals surface area contributed by atoms with Crippen LogP contribution in [0.15, 0.2) is 27.7 Å². The van der Waals surface area contributed by atoms with Crippen LogP contribution in [-0.4, -0.2) is 43.9 Å². The van der Waals surface area contributed by atoms with Crippen molar-refractivity contribution in [3.05, 3.63) is 35.5 Å². The van der Waals surface area contributed by atoms with Crippen LogP contribution in [0.3, 0.4) is 0 Å². The van der Waals surface area contributed by atoms with Gasteiger partial charge < -0.3 is 24.6 Å². The lowest BCUT2D eigenvalue weighted by Crippen LogP contribution is -2.37. The predicted octanol–water partition coefficient (Wildman–Crippen LogP) is 3.13. The fraction of sp³-hybridized carbons (Fsp3) is 0.526. The average Bonchev–Trinajstić information content (AvgIpc) is 3.16. The molecule has 0 aliphatic carbocycles. The van der Waals surface area contributed by atoms with E-state index in [9.17, 15) is 0 Å². The smallest absolute Gasteiger partial charge is 0.226 e. The van der Waals surface area contributed by atoms with Crippen molar-refractivity contribution in [2.45, 2.75) is 39.2 Å². The molecule has 0 saturated carbocycles. The summed E-state index contributed by atoms with van der Waals surface area (Å²) in [6.07, 6.45) is 1.61. The van der Waals surface area contributed by atoms with Crippen LogP contribution in [0.4, 0.5) is 0 Å². The summed E-state index contributed by atoms with van der Waals surface area (Å²) in [6, 6.07) is 5.83. The fourth-order valence-corrected chi connectivity index (χ4v) is 2.45. The van der Waals surface area contributed by atoms with E-state index in [2.05, 4.69) is 25.8 Å². The third-order valence-corrected chi connectivity index (χ3v) is 3.99. The molecule has 0 fully saturated rings. The van der Waals surface area contributed by atoms with Crippen LogP contribution in [0.5, 0.6) is 11.5 Å². The number of halogens is 1. The SMILES string of the molecule is CN=C(NCCCc1nc(C(C)C)no1)NCc1ccc(OC)c(OC)c1.I. The van der Waals surface area contributed by atoms with Gasteiger partial charge in [0.1, 0.15) is 0 Å². The van der Waals surface area contributed by atoms with E-state index in [1.54, 1.807) is 21.3 Å². The van der Waals surface area contributed by atoms with Gasteiger partial charge in [0.25, 0.3) is 0 Å². The summed E-state index contributed by atoms with van der Waals surface area (Å²) in [5.41, 5.74) is 1.07. The maximum absolute atomic E-state index is 5.33. The Morgan fingerprint density at radius 2 is 1.93 bits per heavy atom. The second-order valence-corrected chi connectivity index (χ2v) is 6.35. The lowest BCUT2D eigenvalue weighted by Gasteiger charge is -2.13. The average molecular weight is 503 g/mol. The van der Waals surface area contributed by atoms with Crippen molar-refractivity contribution in [3.8, 4) is 11.5 Å². The number of nitrogens with zero attached hydrogens (tertiary/aromatic N) is 3. The van der Waals surface area contributed by atoms with E-state index < -0.39 is 0 Å². The Kier molecular flexibility index (Phi) is 10.6. The number of aromatic nitrogens is 2. The zero-order chi connectivity index (χ0) is 19.6. The highest BCUT2D eigenvalue weighted by molar-refractivity contribution is 14.0. The number of methoxy groups -OCH3 is 2. The number of hydrogen-bond acceptors (Lipinski definition) is 6. The van der Waals surface area contributed by atoms with E-state index in [1.807, 2.05) is 32.0 Å². The van der Waals surface area contributed by atoms with Crippen LogP contribution < -0.4 is 20.1 Å². The van der Waals surface area contributed by atoms with E-state index in [0.29, 0.717) is 23.9 Å². The van der Waals surface area contributed by atoms with Gasteiger partial charge in [-0.3, -0.25) is 4.99 Å². The lowest BCUT2D eigenvalue weighted by atomic mass is 10.2. The molecule has 9 heteroatoms. The molecule has 1 heterocycles. The summed E-state index contributed by atoms with van der Waals surface area (Å²) in [5.74, 6) is 3.86. The molecule has 0 radical (unpaired) electrons. The number of hydrogen-bond donors (Lipinski definition) is 2. The molecular formula is C19H30IN5O3. The van der Waals surface area contributed by atoms with Crippen LogP contribution >= 0.6 is 24.0 Å². The van der Waals surface area contributed by atoms with Gasteiger partial charge in [0.05, 0.1) is 14.2 Å². The standard InChI is InChI=1S/C19H29N5O3.HI/c1-13(2)18-23-17(27-24-18)7-6-10-21-19(20-3)22-12-14-8-9-15(25-4)16(11-14)26-5;/h8-9,11,13H,6-7,10,12H2,1-5H3,(H2,20,21,22);1H. The molecule has 0 aliphatic heterocycles. The third-order valence-electron chi connectivity index (χ3n) is 3.99. The summed E-state index contributed by atoms with van der Waals surface area (Å²) in [6.45, 7) is 5.47. The summed E-state index contributed by atoms with van der Waals surface area (Å²) in [7, 11) is 5.00. The largest absolute Gasteiger partial charge is 0.493 e. The molecule has 2 aromatic rings. The Bertz CT molecular complexity index is 749. The summed E-state index contributed by atoms with van der Waals surface area (Å²) >= 11 is 0. The summed E-state index contributed by atoms with van der Waals surface area (Å²) in [5, 5.41) is 10.5. The quantitative estimate of drug-likeness (QED) is 0.235. The van der Waals surface area contributed by atoms with Gasteiger partial charge in [0.15, 0.2) is 23.3 Å². The highest BCUT2D eigenvalue weighted by Crippen LogP contribution is 2.27. The molecule has 8 nitrogen and oxygen atoms in total. The van der Waals surface area contributed by atoms with Crippen LogP contribution in [0.25, 0.3) is 0 Å². The first-order valence-corrected chi connectivity index (χ1v) is 9.05. The number of nitrogens with one attached hydrogen (secondary N) is 2. The van der Waals surface area contributed by atoms with Gasteiger partial charge >= 0.3 is 0 Å². The number of aryl methyl sites for hydroxylation is 1. The second kappa shape index (κ2) is 12.4. The molecule has 0 spiro atoms. The second-order valence-electron chi connectivity index (χ2n) is 6.35. The summed E-state index contributed by atoms with van der Waals surface area (Å²) < 4.78 is 15.8. The molecule has 156 valence electrons. The van der Waals surface area contributed by atoms with Crippen molar-refractivity contribution in [3.63, 3.8) is 0 Å². The van der Waals surface area contributed by atoms with E-state index in [0.717, 1.165) is 36.7 Å². The molecule has 0 bridgehead atoms. The molecule has 0 aliphatic rings. The van der Waals surface area contributed by atoms with Crippen molar-refractivity contribution in [2.24, 2.45) is 4.99 Å². The van der Waals surface area contributed by atoms with Gasteiger partial charge in [-0.1, -0.05) is 25.1 Å². The van der Waals surface area contributed by atoms with Crippen molar-refractivity contribution in [1.29, 1.82) is 0 Å². The molecular weight excluding hydrogens is 473 g/mol. The minimum absolute atomic E-state index is 0. The van der Waals surface area contributed by atoms with Crippen LogP contribution in [-0.2, 0) is 13.0 Å². The Labute approximate surface area is 183 Å². The number of rotatable bonds is 9. The Morgan fingerprint density at radius 3 is 2.54 bits per heavy atom. The number of guanidine groups is 1. The normalized spacial score (nSPS) is 11.1. The Hall–Kier alpha value is -2.04. The zero-order valence-electron chi connectivity index (χ0n) is 17.1. The van der Waals surface area contributed by atoms with Gasteiger partial charge in [-0.25, -0.2) is 0 Å². The molecule has 0 unspecified atom stereocenters. The molecule has 0 amide bonds. The van der Waals surface area contributed by atoms with Gasteiger partial charge in [-0.05, 0) is 24.1 Å². The first-order chi connectivity index (χ1) is 13.1. The maximum atomic E-state index is 5.33. The Morgan fingerprint density at radius 1 is 1.18 bits per heavy atom. The minimum atomic E-state index is 0. The first-order valence-electron chi connectivity index (χ1n) is 9.05. The third kappa shape index (κ3) is 7.17. The number of benzene rings is 1. The lowest BCUT2D eigenvalue weighted by molar-refractivity contribution is 0.354. The highest BCUT2D eigenvalue weighted by Gasteiger charge is 2.09. The van der Waals surface area contributed by atoms with Crippen LogP contribution in [0, 0.1) is 0 Å². The van der Waals surface area contributed by atoms with E-state index in [-0.39, 0.29) is 29.9 Å². The van der Waals surface area contributed by atoms with Crippen molar-refractivity contribution >= 4 is 29.9 Å². The van der Waals surface area contributed by atoms with E-state index in [1.165, 1.54) is 0 Å². The Balaban J connectivity index is 0.00000392. The van der Waals surface area contributed by atoms with Crippen LogP contribution in [0.1, 0.15) is 43.5 Å². The molecule has 2 rings (SSSR count).